The van der Waals surface area contributed by atoms with Crippen LogP contribution >= 0.6 is 0 Å². The Balaban J connectivity index is 3.07. The summed E-state index contributed by atoms with van der Waals surface area (Å²) in [4.78, 5) is 1.86. The molecule has 0 saturated carbocycles. The molecule has 1 aromatic rings. The van der Waals surface area contributed by atoms with Crippen LogP contribution in [0, 0.1) is 5.82 Å². The molecule has 0 saturated heterocycles. The van der Waals surface area contributed by atoms with Crippen molar-refractivity contribution in [2.75, 3.05) is 18.0 Å². The lowest BCUT2D eigenvalue weighted by molar-refractivity contribution is 0.0874. The lowest BCUT2D eigenvalue weighted by Crippen LogP contribution is -2.39. The van der Waals surface area contributed by atoms with E-state index in [4.69, 9.17) is 0 Å². The number of aliphatic hydroxyl groups is 2. The van der Waals surface area contributed by atoms with E-state index in [9.17, 15) is 14.6 Å². The van der Waals surface area contributed by atoms with Crippen LogP contribution in [0.15, 0.2) is 18.2 Å². The van der Waals surface area contributed by atoms with Crippen molar-refractivity contribution >= 4 is 5.69 Å². The first-order chi connectivity index (χ1) is 7.89. The summed E-state index contributed by atoms with van der Waals surface area (Å²) in [6.45, 7) is 6.02. The Bertz CT molecular complexity index is 374. The van der Waals surface area contributed by atoms with Crippen molar-refractivity contribution in [1.29, 1.82) is 0 Å². The number of hydrogen-bond donors (Lipinski definition) is 2. The Morgan fingerprint density at radius 3 is 2.47 bits per heavy atom. The summed E-state index contributed by atoms with van der Waals surface area (Å²) >= 11 is 0. The Labute approximate surface area is 101 Å². The van der Waals surface area contributed by atoms with E-state index in [-0.39, 0.29) is 12.2 Å². The fraction of sp³-hybridized carbons (Fsp3) is 0.538. The summed E-state index contributed by atoms with van der Waals surface area (Å²) in [5, 5.41) is 19.0. The minimum atomic E-state index is -0.866. The molecule has 0 amide bonds. The Hall–Kier alpha value is -1.13. The summed E-state index contributed by atoms with van der Waals surface area (Å²) < 4.78 is 13.5. The van der Waals surface area contributed by atoms with Crippen molar-refractivity contribution in [3.05, 3.63) is 29.6 Å². The summed E-state index contributed by atoms with van der Waals surface area (Å²) in [5.41, 5.74) is 0.0467. The van der Waals surface area contributed by atoms with Gasteiger partial charge in [0.1, 0.15) is 5.82 Å². The molecule has 0 aliphatic rings. The Morgan fingerprint density at radius 1 is 1.35 bits per heavy atom. The molecule has 0 unspecified atom stereocenters. The first kappa shape index (κ1) is 13.9. The van der Waals surface area contributed by atoms with Crippen LogP contribution in [0.2, 0.25) is 0 Å². The third-order valence-corrected chi connectivity index (χ3v) is 2.55. The topological polar surface area (TPSA) is 43.7 Å². The molecule has 0 aliphatic carbocycles. The number of hydrogen-bond acceptors (Lipinski definition) is 3. The van der Waals surface area contributed by atoms with Gasteiger partial charge in [0.2, 0.25) is 0 Å². The second-order valence-electron chi connectivity index (χ2n) is 4.72. The molecule has 0 fully saturated rings. The normalized spacial score (nSPS) is 11.6. The maximum atomic E-state index is 13.5. The standard InChI is InChI=1S/C13H20FNO2/c1-4-15(9-13(2,3)17)12-7-5-6-11(14)10(12)8-16/h5-7,16-17H,4,8-9H2,1-3H3. The number of likely N-dealkylation sites (N-methyl/N-ethyl adjacent to an activating group) is 1. The number of aliphatic hydroxyl groups excluding tert-OH is 1. The lowest BCUT2D eigenvalue weighted by Gasteiger charge is -2.31. The molecule has 0 radical (unpaired) electrons. The van der Waals surface area contributed by atoms with Crippen LogP contribution < -0.4 is 4.90 Å². The maximum absolute atomic E-state index is 13.5. The van der Waals surface area contributed by atoms with Gasteiger partial charge in [-0.25, -0.2) is 4.39 Å². The highest BCUT2D eigenvalue weighted by Gasteiger charge is 2.20. The van der Waals surface area contributed by atoms with Crippen LogP contribution in [0.1, 0.15) is 26.3 Å². The largest absolute Gasteiger partial charge is 0.391 e. The van der Waals surface area contributed by atoms with E-state index in [2.05, 4.69) is 0 Å². The quantitative estimate of drug-likeness (QED) is 0.827. The fourth-order valence-corrected chi connectivity index (χ4v) is 1.83. The number of rotatable bonds is 5. The summed E-state index contributed by atoms with van der Waals surface area (Å²) in [6.07, 6.45) is 0. The van der Waals surface area contributed by atoms with Crippen molar-refractivity contribution in [3.8, 4) is 0 Å². The number of halogens is 1. The summed E-state index contributed by atoms with van der Waals surface area (Å²) in [6, 6.07) is 4.69. The molecule has 1 aromatic carbocycles. The molecule has 0 atom stereocenters. The van der Waals surface area contributed by atoms with E-state index in [0.717, 1.165) is 0 Å². The van der Waals surface area contributed by atoms with Crippen LogP contribution in [0.25, 0.3) is 0 Å². The van der Waals surface area contributed by atoms with E-state index < -0.39 is 11.4 Å². The van der Waals surface area contributed by atoms with Crippen LogP contribution in [0.4, 0.5) is 10.1 Å². The second kappa shape index (κ2) is 5.47. The van der Waals surface area contributed by atoms with E-state index in [1.165, 1.54) is 6.07 Å². The Kier molecular flexibility index (Phi) is 4.48. The number of nitrogens with zero attached hydrogens (tertiary/aromatic N) is 1. The van der Waals surface area contributed by atoms with Gasteiger partial charge in [-0.2, -0.15) is 0 Å². The van der Waals surface area contributed by atoms with E-state index in [1.54, 1.807) is 26.0 Å². The zero-order chi connectivity index (χ0) is 13.1. The fourth-order valence-electron chi connectivity index (χ4n) is 1.83. The van der Waals surface area contributed by atoms with Crippen LogP contribution in [-0.4, -0.2) is 28.9 Å². The highest BCUT2D eigenvalue weighted by atomic mass is 19.1. The van der Waals surface area contributed by atoms with Crippen molar-refractivity contribution in [3.63, 3.8) is 0 Å². The lowest BCUT2D eigenvalue weighted by atomic mass is 10.1. The average Bonchev–Trinajstić information content (AvgIpc) is 2.24. The predicted molar refractivity (Wildman–Crippen MR) is 66.5 cm³/mol. The molecule has 0 bridgehead atoms. The highest BCUT2D eigenvalue weighted by molar-refractivity contribution is 5.54. The number of benzene rings is 1. The first-order valence-corrected chi connectivity index (χ1v) is 5.74. The van der Waals surface area contributed by atoms with E-state index in [0.29, 0.717) is 18.8 Å². The van der Waals surface area contributed by atoms with E-state index >= 15 is 0 Å². The Morgan fingerprint density at radius 2 is 2.00 bits per heavy atom. The molecule has 0 aliphatic heterocycles. The smallest absolute Gasteiger partial charge is 0.130 e. The van der Waals surface area contributed by atoms with Gasteiger partial charge in [-0.3, -0.25) is 0 Å². The third kappa shape index (κ3) is 3.68. The molecule has 1 rings (SSSR count). The highest BCUT2D eigenvalue weighted by Crippen LogP contribution is 2.24. The van der Waals surface area contributed by atoms with Gasteiger partial charge in [-0.1, -0.05) is 6.07 Å². The molecule has 3 nitrogen and oxygen atoms in total. The van der Waals surface area contributed by atoms with Gasteiger partial charge >= 0.3 is 0 Å². The van der Waals surface area contributed by atoms with Gasteiger partial charge in [0.05, 0.1) is 12.2 Å². The van der Waals surface area contributed by atoms with Gasteiger partial charge in [0.15, 0.2) is 0 Å². The SMILES string of the molecule is CCN(CC(C)(C)O)c1cccc(F)c1CO. The summed E-state index contributed by atoms with van der Waals surface area (Å²) in [7, 11) is 0. The van der Waals surface area contributed by atoms with Gasteiger partial charge in [-0.05, 0) is 32.9 Å². The molecular weight excluding hydrogens is 221 g/mol. The molecular formula is C13H20FNO2. The molecule has 17 heavy (non-hydrogen) atoms. The van der Waals surface area contributed by atoms with Crippen LogP contribution in [0.3, 0.4) is 0 Å². The third-order valence-electron chi connectivity index (χ3n) is 2.55. The second-order valence-corrected chi connectivity index (χ2v) is 4.72. The van der Waals surface area contributed by atoms with Crippen LogP contribution in [0.5, 0.6) is 0 Å². The zero-order valence-electron chi connectivity index (χ0n) is 10.6. The monoisotopic (exact) mass is 241 g/mol. The van der Waals surface area contributed by atoms with Crippen molar-refractivity contribution in [2.45, 2.75) is 33.0 Å². The van der Waals surface area contributed by atoms with Gasteiger partial charge in [0, 0.05) is 24.3 Å². The van der Waals surface area contributed by atoms with Gasteiger partial charge in [0.25, 0.3) is 0 Å². The number of anilines is 1. The van der Waals surface area contributed by atoms with E-state index in [1.807, 2.05) is 11.8 Å². The molecule has 2 N–H and O–H groups in total. The van der Waals surface area contributed by atoms with Crippen molar-refractivity contribution < 1.29 is 14.6 Å². The van der Waals surface area contributed by atoms with Gasteiger partial charge in [-0.15, -0.1) is 0 Å². The molecule has 96 valence electrons. The minimum Gasteiger partial charge on any atom is -0.391 e. The molecule has 0 aromatic heterocycles. The zero-order valence-corrected chi connectivity index (χ0v) is 10.6. The predicted octanol–water partition coefficient (Wildman–Crippen LogP) is 1.92. The average molecular weight is 241 g/mol. The van der Waals surface area contributed by atoms with Gasteiger partial charge < -0.3 is 15.1 Å². The molecule has 0 spiro atoms. The van der Waals surface area contributed by atoms with Crippen LogP contribution in [-0.2, 0) is 6.61 Å². The first-order valence-electron chi connectivity index (χ1n) is 5.74. The summed E-state index contributed by atoms with van der Waals surface area (Å²) in [5.74, 6) is -0.417. The van der Waals surface area contributed by atoms with Crippen molar-refractivity contribution in [2.24, 2.45) is 0 Å². The molecule has 0 heterocycles. The minimum absolute atomic E-state index is 0.276. The molecule has 4 heteroatoms. The van der Waals surface area contributed by atoms with Crippen molar-refractivity contribution in [1.82, 2.24) is 0 Å². The maximum Gasteiger partial charge on any atom is 0.130 e.